The maximum Gasteiger partial charge on any atom is 0.243 e. The topological polar surface area (TPSA) is 136 Å². The number of methoxy groups -OCH3 is 3. The lowest BCUT2D eigenvalue weighted by atomic mass is 9.96. The molecule has 12 nitrogen and oxygen atoms in total. The number of rotatable bonds is 10. The first-order valence-corrected chi connectivity index (χ1v) is 15.5. The van der Waals surface area contributed by atoms with Crippen LogP contribution >= 0.6 is 0 Å². The van der Waals surface area contributed by atoms with Gasteiger partial charge in [-0.3, -0.25) is 9.69 Å². The molecule has 2 aliphatic rings. The van der Waals surface area contributed by atoms with Gasteiger partial charge in [-0.2, -0.15) is 9.29 Å². The maximum absolute atomic E-state index is 13.2. The number of hydrogen-bond acceptors (Lipinski definition) is 10. The first kappa shape index (κ1) is 29.8. The number of nitrogens with zero attached hydrogens (tertiary/aromatic N) is 4. The molecule has 1 aromatic heterocycles. The molecule has 3 aromatic rings. The van der Waals surface area contributed by atoms with Crippen LogP contribution in [-0.2, 0) is 21.4 Å². The Hall–Kier alpha value is -3.68. The van der Waals surface area contributed by atoms with Gasteiger partial charge in [-0.25, -0.2) is 8.42 Å². The summed E-state index contributed by atoms with van der Waals surface area (Å²) < 4.78 is 49.5. The predicted molar refractivity (Wildman–Crippen MR) is 155 cm³/mol. The van der Waals surface area contributed by atoms with Crippen LogP contribution in [0.4, 0.5) is 5.69 Å². The summed E-state index contributed by atoms with van der Waals surface area (Å²) in [5.41, 5.74) is 1.11. The standard InChI is InChI=1S/C29H37N5O7S/c1-38-24-10-8-22(42(36,37)34-13-5-4-6-14-34)18-23(24)30-29(35)20-11-15-33(16-12-20)19-27-31-28(32-41-27)21-7-9-25(39-2)26(17-21)40-3/h7-10,17-18,20H,4-6,11-16,19H2,1-3H3,(H,30,35). The molecule has 0 saturated carbocycles. The SMILES string of the molecule is COc1ccc(S(=O)(=O)N2CCCCC2)cc1NC(=O)C1CCN(Cc2nc(-c3ccc(OC)c(OC)c3)no2)CC1. The van der Waals surface area contributed by atoms with Crippen molar-refractivity contribution < 1.29 is 31.9 Å². The summed E-state index contributed by atoms with van der Waals surface area (Å²) in [4.78, 5) is 20.1. The third-order valence-corrected chi connectivity index (χ3v) is 9.70. The lowest BCUT2D eigenvalue weighted by molar-refractivity contribution is -0.121. The van der Waals surface area contributed by atoms with Gasteiger partial charge in [0.1, 0.15) is 5.75 Å². The van der Waals surface area contributed by atoms with Crippen LogP contribution in [0.5, 0.6) is 17.2 Å². The number of carbonyl (C=O) groups excluding carboxylic acids is 1. The first-order chi connectivity index (χ1) is 20.3. The third kappa shape index (κ3) is 6.53. The van der Waals surface area contributed by atoms with E-state index in [9.17, 15) is 13.2 Å². The molecule has 2 aliphatic heterocycles. The third-order valence-electron chi connectivity index (χ3n) is 7.81. The van der Waals surface area contributed by atoms with Gasteiger partial charge in [0.2, 0.25) is 27.6 Å². The highest BCUT2D eigenvalue weighted by atomic mass is 32.2. The summed E-state index contributed by atoms with van der Waals surface area (Å²) in [5, 5.41) is 7.04. The molecule has 42 heavy (non-hydrogen) atoms. The number of anilines is 1. The Morgan fingerprint density at radius 3 is 2.31 bits per heavy atom. The number of aromatic nitrogens is 2. The molecular weight excluding hydrogens is 562 g/mol. The van der Waals surface area contributed by atoms with E-state index in [0.717, 1.165) is 24.8 Å². The maximum atomic E-state index is 13.2. The van der Waals surface area contributed by atoms with E-state index in [4.69, 9.17) is 18.7 Å². The Morgan fingerprint density at radius 2 is 1.62 bits per heavy atom. The number of nitrogens with one attached hydrogen (secondary N) is 1. The van der Waals surface area contributed by atoms with Gasteiger partial charge in [0, 0.05) is 24.6 Å². The second kappa shape index (κ2) is 13.1. The van der Waals surface area contributed by atoms with Gasteiger partial charge in [-0.1, -0.05) is 11.6 Å². The Balaban J connectivity index is 1.18. The monoisotopic (exact) mass is 599 g/mol. The van der Waals surface area contributed by atoms with E-state index in [1.165, 1.54) is 23.5 Å². The molecule has 2 fully saturated rings. The van der Waals surface area contributed by atoms with Crippen LogP contribution < -0.4 is 19.5 Å². The molecular formula is C29H37N5O7S. The van der Waals surface area contributed by atoms with Gasteiger partial charge in [0.05, 0.1) is 38.5 Å². The van der Waals surface area contributed by atoms with Gasteiger partial charge in [0.15, 0.2) is 11.5 Å². The number of carbonyl (C=O) groups is 1. The van der Waals surface area contributed by atoms with Crippen molar-refractivity contribution >= 4 is 21.6 Å². The highest BCUT2D eigenvalue weighted by molar-refractivity contribution is 7.89. The number of hydrogen-bond donors (Lipinski definition) is 1. The molecule has 0 spiro atoms. The van der Waals surface area contributed by atoms with Crippen molar-refractivity contribution in [2.75, 3.05) is 52.8 Å². The molecule has 1 N–H and O–H groups in total. The van der Waals surface area contributed by atoms with Crippen LogP contribution in [0.1, 0.15) is 38.0 Å². The molecule has 3 heterocycles. The van der Waals surface area contributed by atoms with Gasteiger partial charge in [-0.15, -0.1) is 0 Å². The quantitative estimate of drug-likeness (QED) is 0.367. The van der Waals surface area contributed by atoms with Crippen molar-refractivity contribution in [3.8, 4) is 28.6 Å². The molecule has 13 heteroatoms. The highest BCUT2D eigenvalue weighted by Crippen LogP contribution is 2.33. The van der Waals surface area contributed by atoms with Gasteiger partial charge in [0.25, 0.3) is 0 Å². The fraction of sp³-hybridized carbons (Fsp3) is 0.483. The van der Waals surface area contributed by atoms with Gasteiger partial charge >= 0.3 is 0 Å². The van der Waals surface area contributed by atoms with Crippen molar-refractivity contribution in [1.29, 1.82) is 0 Å². The molecule has 0 aliphatic carbocycles. The van der Waals surface area contributed by atoms with E-state index in [1.54, 1.807) is 32.4 Å². The van der Waals surface area contributed by atoms with Crippen molar-refractivity contribution in [2.45, 2.75) is 43.5 Å². The van der Waals surface area contributed by atoms with E-state index < -0.39 is 10.0 Å². The summed E-state index contributed by atoms with van der Waals surface area (Å²) in [7, 11) is 1.00. The zero-order valence-corrected chi connectivity index (χ0v) is 25.0. The molecule has 5 rings (SSSR count). The average Bonchev–Trinajstić information content (AvgIpc) is 3.49. The Labute approximate surface area is 246 Å². The number of benzene rings is 2. The zero-order chi connectivity index (χ0) is 29.7. The average molecular weight is 600 g/mol. The predicted octanol–water partition coefficient (Wildman–Crippen LogP) is 3.79. The van der Waals surface area contributed by atoms with Crippen molar-refractivity contribution in [1.82, 2.24) is 19.3 Å². The van der Waals surface area contributed by atoms with Crippen LogP contribution in [0, 0.1) is 5.92 Å². The minimum Gasteiger partial charge on any atom is -0.495 e. The Morgan fingerprint density at radius 1 is 0.929 bits per heavy atom. The van der Waals surface area contributed by atoms with E-state index in [2.05, 4.69) is 20.4 Å². The van der Waals surface area contributed by atoms with Crippen molar-refractivity contribution in [2.24, 2.45) is 5.92 Å². The molecule has 0 atom stereocenters. The van der Waals surface area contributed by atoms with E-state index in [-0.39, 0.29) is 16.7 Å². The molecule has 1 amide bonds. The molecule has 2 aromatic carbocycles. The molecule has 0 unspecified atom stereocenters. The number of ether oxygens (including phenoxy) is 3. The van der Waals surface area contributed by atoms with Crippen molar-refractivity contribution in [3.05, 3.63) is 42.3 Å². The summed E-state index contributed by atoms with van der Waals surface area (Å²) in [6.07, 6.45) is 4.00. The van der Waals surface area contributed by atoms with E-state index >= 15 is 0 Å². The zero-order valence-electron chi connectivity index (χ0n) is 24.2. The largest absolute Gasteiger partial charge is 0.495 e. The fourth-order valence-electron chi connectivity index (χ4n) is 5.39. The van der Waals surface area contributed by atoms with E-state index in [0.29, 0.717) is 80.2 Å². The second-order valence-electron chi connectivity index (χ2n) is 10.4. The van der Waals surface area contributed by atoms with E-state index in [1.807, 2.05) is 6.07 Å². The fourth-order valence-corrected chi connectivity index (χ4v) is 6.93. The van der Waals surface area contributed by atoms with Crippen LogP contribution in [-0.4, -0.2) is 81.2 Å². The molecule has 0 radical (unpaired) electrons. The highest BCUT2D eigenvalue weighted by Gasteiger charge is 2.29. The normalized spacial score (nSPS) is 17.1. The molecule has 0 bridgehead atoms. The first-order valence-electron chi connectivity index (χ1n) is 14.1. The number of likely N-dealkylation sites (tertiary alicyclic amines) is 1. The van der Waals surface area contributed by atoms with Gasteiger partial charge < -0.3 is 24.1 Å². The molecule has 2 saturated heterocycles. The van der Waals surface area contributed by atoms with Crippen molar-refractivity contribution in [3.63, 3.8) is 0 Å². The summed E-state index contributed by atoms with van der Waals surface area (Å²) in [6.45, 7) is 2.84. The minimum atomic E-state index is -3.64. The smallest absolute Gasteiger partial charge is 0.243 e. The lowest BCUT2D eigenvalue weighted by Crippen LogP contribution is -2.38. The minimum absolute atomic E-state index is 0.155. The number of amides is 1. The Kier molecular flexibility index (Phi) is 9.29. The summed E-state index contributed by atoms with van der Waals surface area (Å²) in [5.74, 6) is 2.17. The summed E-state index contributed by atoms with van der Waals surface area (Å²) >= 11 is 0. The molecule has 226 valence electrons. The van der Waals surface area contributed by atoms with Crippen LogP contribution in [0.15, 0.2) is 45.8 Å². The van der Waals surface area contributed by atoms with Crippen LogP contribution in [0.3, 0.4) is 0 Å². The van der Waals surface area contributed by atoms with Crippen LogP contribution in [0.25, 0.3) is 11.4 Å². The second-order valence-corrected chi connectivity index (χ2v) is 12.4. The number of sulfonamides is 1. The number of piperidine rings is 2. The Bertz CT molecular complexity index is 1500. The lowest BCUT2D eigenvalue weighted by Gasteiger charge is -2.30. The summed E-state index contributed by atoms with van der Waals surface area (Å²) in [6, 6.07) is 10.1. The van der Waals surface area contributed by atoms with Crippen LogP contribution in [0.2, 0.25) is 0 Å². The van der Waals surface area contributed by atoms with Gasteiger partial charge in [-0.05, 0) is 75.2 Å².